The Morgan fingerprint density at radius 3 is 2.75 bits per heavy atom. The highest BCUT2D eigenvalue weighted by Crippen LogP contribution is 2.29. The van der Waals surface area contributed by atoms with Crippen LogP contribution in [0.25, 0.3) is 0 Å². The van der Waals surface area contributed by atoms with E-state index < -0.39 is 0 Å². The van der Waals surface area contributed by atoms with Crippen LogP contribution in [0.3, 0.4) is 0 Å². The number of nitrogens with zero attached hydrogens (tertiary/aromatic N) is 2. The van der Waals surface area contributed by atoms with E-state index in [1.54, 1.807) is 32.3 Å². The number of nitrogen functional groups attached to an aromatic ring is 1. The second-order valence-corrected chi connectivity index (χ2v) is 5.33. The number of nitrogens with one attached hydrogen (secondary N) is 1. The average Bonchev–Trinajstić information content (AvgIpc) is 2.38. The van der Waals surface area contributed by atoms with Gasteiger partial charge in [-0.05, 0) is 18.2 Å². The minimum Gasteiger partial charge on any atom is -0.399 e. The average molecular weight is 290 g/mol. The van der Waals surface area contributed by atoms with E-state index in [1.165, 1.54) is 28.9 Å². The highest BCUT2D eigenvalue weighted by Gasteiger charge is 2.15. The SMILES string of the molecule is CN(C)C(=O)c1ccc(N)cc1Sc1nccc(=O)[nH]1. The van der Waals surface area contributed by atoms with Crippen molar-refractivity contribution in [3.05, 3.63) is 46.4 Å². The fraction of sp³-hybridized carbons (Fsp3) is 0.154. The quantitative estimate of drug-likeness (QED) is 0.654. The van der Waals surface area contributed by atoms with Crippen LogP contribution < -0.4 is 11.3 Å². The van der Waals surface area contributed by atoms with Crippen molar-refractivity contribution in [2.45, 2.75) is 10.1 Å². The van der Waals surface area contributed by atoms with Crippen molar-refractivity contribution in [3.63, 3.8) is 0 Å². The molecule has 0 saturated carbocycles. The Bertz CT molecular complexity index is 697. The van der Waals surface area contributed by atoms with Crippen molar-refractivity contribution in [3.8, 4) is 0 Å². The maximum atomic E-state index is 12.1. The number of hydrogen-bond acceptors (Lipinski definition) is 5. The maximum Gasteiger partial charge on any atom is 0.254 e. The Kier molecular flexibility index (Phi) is 4.09. The van der Waals surface area contributed by atoms with Gasteiger partial charge >= 0.3 is 0 Å². The Hall–Kier alpha value is -2.28. The number of aromatic nitrogens is 2. The summed E-state index contributed by atoms with van der Waals surface area (Å²) in [7, 11) is 3.35. The summed E-state index contributed by atoms with van der Waals surface area (Å²) < 4.78 is 0. The smallest absolute Gasteiger partial charge is 0.254 e. The van der Waals surface area contributed by atoms with Gasteiger partial charge in [0.1, 0.15) is 0 Å². The largest absolute Gasteiger partial charge is 0.399 e. The van der Waals surface area contributed by atoms with E-state index in [1.807, 2.05) is 0 Å². The van der Waals surface area contributed by atoms with Crippen LogP contribution in [0, 0.1) is 0 Å². The molecule has 7 heteroatoms. The number of aromatic amines is 1. The summed E-state index contributed by atoms with van der Waals surface area (Å²) in [6.07, 6.45) is 1.42. The molecule has 20 heavy (non-hydrogen) atoms. The zero-order valence-electron chi connectivity index (χ0n) is 11.1. The van der Waals surface area contributed by atoms with Crippen molar-refractivity contribution in [1.29, 1.82) is 0 Å². The molecule has 0 bridgehead atoms. The first-order chi connectivity index (χ1) is 9.47. The van der Waals surface area contributed by atoms with Gasteiger partial charge in [-0.15, -0.1) is 0 Å². The summed E-state index contributed by atoms with van der Waals surface area (Å²) in [6.45, 7) is 0. The van der Waals surface area contributed by atoms with Crippen molar-refractivity contribution in [1.82, 2.24) is 14.9 Å². The zero-order valence-corrected chi connectivity index (χ0v) is 11.9. The fourth-order valence-electron chi connectivity index (χ4n) is 1.55. The van der Waals surface area contributed by atoms with Gasteiger partial charge in [0.25, 0.3) is 11.5 Å². The molecule has 0 fully saturated rings. The number of amides is 1. The normalized spacial score (nSPS) is 10.3. The summed E-state index contributed by atoms with van der Waals surface area (Å²) in [5, 5.41) is 0.413. The Balaban J connectivity index is 2.42. The zero-order chi connectivity index (χ0) is 14.7. The molecule has 1 heterocycles. The maximum absolute atomic E-state index is 12.1. The molecule has 0 saturated heterocycles. The van der Waals surface area contributed by atoms with Crippen LogP contribution in [0.15, 0.2) is 45.3 Å². The van der Waals surface area contributed by atoms with Crippen LogP contribution in [0.5, 0.6) is 0 Å². The molecule has 0 unspecified atom stereocenters. The fourth-order valence-corrected chi connectivity index (χ4v) is 2.48. The predicted octanol–water partition coefficient (Wildman–Crippen LogP) is 1.21. The summed E-state index contributed by atoms with van der Waals surface area (Å²) in [5.41, 5.74) is 6.57. The van der Waals surface area contributed by atoms with Crippen LogP contribution in [-0.2, 0) is 0 Å². The summed E-state index contributed by atoms with van der Waals surface area (Å²) in [4.78, 5) is 32.2. The third kappa shape index (κ3) is 3.18. The molecule has 0 aliphatic carbocycles. The van der Waals surface area contributed by atoms with Crippen molar-refractivity contribution in [2.24, 2.45) is 0 Å². The third-order valence-corrected chi connectivity index (χ3v) is 3.46. The van der Waals surface area contributed by atoms with E-state index in [2.05, 4.69) is 9.97 Å². The topological polar surface area (TPSA) is 92.1 Å². The van der Waals surface area contributed by atoms with Crippen molar-refractivity contribution >= 4 is 23.4 Å². The van der Waals surface area contributed by atoms with Gasteiger partial charge in [-0.2, -0.15) is 0 Å². The highest BCUT2D eigenvalue weighted by molar-refractivity contribution is 7.99. The minimum absolute atomic E-state index is 0.134. The highest BCUT2D eigenvalue weighted by atomic mass is 32.2. The molecule has 3 N–H and O–H groups in total. The molecular formula is C13H14N4O2S. The van der Waals surface area contributed by atoms with Crippen LogP contribution in [-0.4, -0.2) is 34.9 Å². The van der Waals surface area contributed by atoms with Crippen LogP contribution in [0.1, 0.15) is 10.4 Å². The van der Waals surface area contributed by atoms with Crippen LogP contribution in [0.4, 0.5) is 5.69 Å². The lowest BCUT2D eigenvalue weighted by molar-refractivity contribution is 0.0824. The van der Waals surface area contributed by atoms with Gasteiger partial charge in [-0.25, -0.2) is 4.98 Å². The van der Waals surface area contributed by atoms with Gasteiger partial charge in [-0.1, -0.05) is 11.8 Å². The number of hydrogen-bond donors (Lipinski definition) is 2. The number of nitrogens with two attached hydrogens (primary N) is 1. The molecule has 0 radical (unpaired) electrons. The molecule has 6 nitrogen and oxygen atoms in total. The van der Waals surface area contributed by atoms with Gasteiger partial charge < -0.3 is 15.6 Å². The van der Waals surface area contributed by atoms with Gasteiger partial charge in [0.15, 0.2) is 5.16 Å². The molecule has 1 aromatic heterocycles. The molecule has 1 aromatic carbocycles. The molecule has 1 amide bonds. The Morgan fingerprint density at radius 2 is 2.10 bits per heavy atom. The number of benzene rings is 1. The molecule has 0 spiro atoms. The van der Waals surface area contributed by atoms with E-state index in [4.69, 9.17) is 5.73 Å². The summed E-state index contributed by atoms with van der Waals surface area (Å²) in [5.74, 6) is -0.134. The van der Waals surface area contributed by atoms with Crippen molar-refractivity contribution < 1.29 is 4.79 Å². The Morgan fingerprint density at radius 1 is 1.35 bits per heavy atom. The van der Waals surface area contributed by atoms with Gasteiger partial charge in [0.05, 0.1) is 5.56 Å². The van der Waals surface area contributed by atoms with Gasteiger partial charge in [-0.3, -0.25) is 9.59 Å². The standard InChI is InChI=1S/C13H14N4O2S/c1-17(2)12(19)9-4-3-8(14)7-10(9)20-13-15-6-5-11(18)16-13/h3-7H,14H2,1-2H3,(H,15,16,18). The summed E-state index contributed by atoms with van der Waals surface area (Å²) >= 11 is 1.19. The first-order valence-electron chi connectivity index (χ1n) is 5.82. The lowest BCUT2D eigenvalue weighted by Gasteiger charge is -2.14. The molecule has 0 atom stereocenters. The number of H-pyrrole nitrogens is 1. The number of rotatable bonds is 3. The van der Waals surface area contributed by atoms with E-state index in [-0.39, 0.29) is 11.5 Å². The lowest BCUT2D eigenvalue weighted by atomic mass is 10.2. The second-order valence-electron chi connectivity index (χ2n) is 4.30. The lowest BCUT2D eigenvalue weighted by Crippen LogP contribution is -2.22. The van der Waals surface area contributed by atoms with Crippen molar-refractivity contribution in [2.75, 3.05) is 19.8 Å². The molecule has 2 rings (SSSR count). The monoisotopic (exact) mass is 290 g/mol. The molecule has 104 valence electrons. The number of carbonyl (C=O) groups is 1. The molecular weight excluding hydrogens is 276 g/mol. The first kappa shape index (κ1) is 14.1. The van der Waals surface area contributed by atoms with E-state index >= 15 is 0 Å². The van der Waals surface area contributed by atoms with Crippen LogP contribution >= 0.6 is 11.8 Å². The third-order valence-electron chi connectivity index (χ3n) is 2.50. The van der Waals surface area contributed by atoms with Crippen LogP contribution in [0.2, 0.25) is 0 Å². The van der Waals surface area contributed by atoms with E-state index in [9.17, 15) is 9.59 Å². The van der Waals surface area contributed by atoms with E-state index in [0.29, 0.717) is 21.3 Å². The predicted molar refractivity (Wildman–Crippen MR) is 77.9 cm³/mol. The van der Waals surface area contributed by atoms with E-state index in [0.717, 1.165) is 0 Å². The minimum atomic E-state index is -0.244. The molecule has 0 aliphatic heterocycles. The Labute approximate surface area is 120 Å². The molecule has 0 aliphatic rings. The van der Waals surface area contributed by atoms with Gasteiger partial charge in [0.2, 0.25) is 0 Å². The molecule has 2 aromatic rings. The summed E-state index contributed by atoms with van der Waals surface area (Å²) in [6, 6.07) is 6.35. The number of carbonyl (C=O) groups excluding carboxylic acids is 1. The second kappa shape index (κ2) is 5.79. The van der Waals surface area contributed by atoms with Gasteiger partial charge in [0, 0.05) is 36.9 Å². The first-order valence-corrected chi connectivity index (χ1v) is 6.63. The number of anilines is 1.